The topological polar surface area (TPSA) is 67.4 Å². The fraction of sp³-hybridized carbons (Fsp3) is 0. The molecule has 7 aromatic carbocycles. The Hall–Kier alpha value is -6.90. The van der Waals surface area contributed by atoms with E-state index in [0.29, 0.717) is 23.0 Å². The third-order valence-electron chi connectivity index (χ3n) is 9.06. The number of aromatic nitrogens is 4. The lowest BCUT2D eigenvalue weighted by atomic mass is 10.0. The number of hydrogen-bond donors (Lipinski definition) is 0. The van der Waals surface area contributed by atoms with Crippen molar-refractivity contribution in [2.45, 2.75) is 0 Å². The second kappa shape index (κ2) is 11.7. The van der Waals surface area contributed by atoms with Gasteiger partial charge in [-0.1, -0.05) is 121 Å². The van der Waals surface area contributed by atoms with Crippen LogP contribution >= 0.6 is 0 Å². The Labute approximate surface area is 283 Å². The van der Waals surface area contributed by atoms with Gasteiger partial charge in [-0.3, -0.25) is 0 Å². The lowest BCUT2D eigenvalue weighted by Crippen LogP contribution is -2.00. The first-order valence-electron chi connectivity index (χ1n) is 16.2. The van der Waals surface area contributed by atoms with E-state index in [-0.39, 0.29) is 0 Å². The van der Waals surface area contributed by atoms with Crippen LogP contribution in [0.15, 0.2) is 164 Å². The zero-order valence-electron chi connectivity index (χ0n) is 26.3. The maximum Gasteiger partial charge on any atom is 0.164 e. The van der Waals surface area contributed by atoms with Gasteiger partial charge in [0.25, 0.3) is 0 Å². The molecule has 0 saturated heterocycles. The Morgan fingerprint density at radius 2 is 0.918 bits per heavy atom. The molecule has 0 N–H and O–H groups in total. The molecule has 0 saturated carbocycles. The van der Waals surface area contributed by atoms with E-state index in [1.54, 1.807) is 0 Å². The Morgan fingerprint density at radius 1 is 0.408 bits per heavy atom. The van der Waals surface area contributed by atoms with Crippen LogP contribution < -0.4 is 0 Å². The van der Waals surface area contributed by atoms with Gasteiger partial charge in [-0.2, -0.15) is 5.26 Å². The van der Waals surface area contributed by atoms with Crippen LogP contribution in [0.1, 0.15) is 5.56 Å². The summed E-state index contributed by atoms with van der Waals surface area (Å²) >= 11 is 0. The van der Waals surface area contributed by atoms with Crippen LogP contribution in [-0.2, 0) is 0 Å². The number of hydrogen-bond acceptors (Lipinski definition) is 4. The maximum absolute atomic E-state index is 9.76. The Bertz CT molecular complexity index is 2650. The summed E-state index contributed by atoms with van der Waals surface area (Å²) in [4.78, 5) is 14.6. The van der Waals surface area contributed by atoms with Gasteiger partial charge in [0.15, 0.2) is 17.5 Å². The lowest BCUT2D eigenvalue weighted by molar-refractivity contribution is 1.07. The average molecular weight is 626 g/mol. The highest BCUT2D eigenvalue weighted by atomic mass is 15.0. The molecule has 0 spiro atoms. The molecule has 0 atom stereocenters. The van der Waals surface area contributed by atoms with Crippen LogP contribution in [0.2, 0.25) is 0 Å². The van der Waals surface area contributed by atoms with Crippen LogP contribution in [-0.4, -0.2) is 19.5 Å². The van der Waals surface area contributed by atoms with Crippen molar-refractivity contribution in [3.63, 3.8) is 0 Å². The van der Waals surface area contributed by atoms with E-state index in [4.69, 9.17) is 15.0 Å². The predicted octanol–water partition coefficient (Wildman–Crippen LogP) is 10.7. The third-order valence-corrected chi connectivity index (χ3v) is 9.06. The van der Waals surface area contributed by atoms with Gasteiger partial charge in [0.1, 0.15) is 0 Å². The molecule has 0 aliphatic rings. The molecule has 0 unspecified atom stereocenters. The van der Waals surface area contributed by atoms with Gasteiger partial charge in [-0.15, -0.1) is 0 Å². The first kappa shape index (κ1) is 28.3. The monoisotopic (exact) mass is 625 g/mol. The van der Waals surface area contributed by atoms with Crippen LogP contribution in [0.5, 0.6) is 0 Å². The van der Waals surface area contributed by atoms with Crippen LogP contribution in [0.3, 0.4) is 0 Å². The largest absolute Gasteiger partial charge is 0.309 e. The summed E-state index contributed by atoms with van der Waals surface area (Å²) in [5, 5.41) is 14.3. The van der Waals surface area contributed by atoms with E-state index >= 15 is 0 Å². The third kappa shape index (κ3) is 5.09. The summed E-state index contributed by atoms with van der Waals surface area (Å²) in [6.45, 7) is 0. The van der Waals surface area contributed by atoms with E-state index in [9.17, 15) is 5.26 Å². The standard InChI is InChI=1S/C44H27N5/c45-28-29-15-23-40-38(25-29)39-27-36(21-24-41(39)49(40)37-22-20-30-9-7-8-14-35(30)26-37)31-16-18-34(19-17-31)44-47-42(32-10-3-1-4-11-32)46-43(48-44)33-12-5-2-6-13-33/h1-27H. The highest BCUT2D eigenvalue weighted by Crippen LogP contribution is 2.36. The SMILES string of the molecule is N#Cc1ccc2c(c1)c1cc(-c3ccc(-c4nc(-c5ccccc5)nc(-c5ccccc5)n4)cc3)ccc1n2-c1ccc2ccccc2c1. The second-order valence-corrected chi connectivity index (χ2v) is 12.1. The number of rotatable bonds is 5. The van der Waals surface area contributed by atoms with Crippen molar-refractivity contribution in [1.29, 1.82) is 5.26 Å². The number of nitrogens with zero attached hydrogens (tertiary/aromatic N) is 5. The summed E-state index contributed by atoms with van der Waals surface area (Å²) in [6.07, 6.45) is 0. The van der Waals surface area contributed by atoms with Crippen molar-refractivity contribution in [2.75, 3.05) is 0 Å². The minimum Gasteiger partial charge on any atom is -0.309 e. The lowest BCUT2D eigenvalue weighted by Gasteiger charge is -2.10. The van der Waals surface area contributed by atoms with E-state index < -0.39 is 0 Å². The summed E-state index contributed by atoms with van der Waals surface area (Å²) < 4.78 is 2.29. The van der Waals surface area contributed by atoms with Crippen LogP contribution in [0.25, 0.3) is 83.6 Å². The first-order valence-corrected chi connectivity index (χ1v) is 16.2. The number of benzene rings is 7. The molecule has 0 amide bonds. The fourth-order valence-electron chi connectivity index (χ4n) is 6.62. The minimum atomic E-state index is 0.622. The van der Waals surface area contributed by atoms with Gasteiger partial charge in [-0.05, 0) is 64.4 Å². The van der Waals surface area contributed by atoms with Gasteiger partial charge in [0.2, 0.25) is 0 Å². The van der Waals surface area contributed by atoms with E-state index in [0.717, 1.165) is 55.3 Å². The van der Waals surface area contributed by atoms with Gasteiger partial charge < -0.3 is 4.57 Å². The summed E-state index contributed by atoms with van der Waals surface area (Å²) in [6, 6.07) is 58.2. The Balaban J connectivity index is 1.14. The quantitative estimate of drug-likeness (QED) is 0.191. The molecule has 0 radical (unpaired) electrons. The Morgan fingerprint density at radius 3 is 1.55 bits per heavy atom. The average Bonchev–Trinajstić information content (AvgIpc) is 3.51. The van der Waals surface area contributed by atoms with Gasteiger partial charge >= 0.3 is 0 Å². The van der Waals surface area contributed by atoms with Crippen molar-refractivity contribution in [1.82, 2.24) is 19.5 Å². The molecule has 9 rings (SSSR count). The van der Waals surface area contributed by atoms with E-state index in [2.05, 4.69) is 102 Å². The molecule has 2 aromatic heterocycles. The highest BCUT2D eigenvalue weighted by molar-refractivity contribution is 6.11. The second-order valence-electron chi connectivity index (χ2n) is 12.1. The molecular formula is C44H27N5. The molecular weight excluding hydrogens is 599 g/mol. The van der Waals surface area contributed by atoms with E-state index in [1.807, 2.05) is 72.8 Å². The maximum atomic E-state index is 9.76. The van der Waals surface area contributed by atoms with Crippen molar-refractivity contribution in [3.05, 3.63) is 169 Å². The highest BCUT2D eigenvalue weighted by Gasteiger charge is 2.16. The zero-order chi connectivity index (χ0) is 32.7. The molecule has 49 heavy (non-hydrogen) atoms. The summed E-state index contributed by atoms with van der Waals surface area (Å²) in [7, 11) is 0. The first-order chi connectivity index (χ1) is 24.2. The van der Waals surface area contributed by atoms with Crippen LogP contribution in [0.4, 0.5) is 0 Å². The molecule has 5 heteroatoms. The normalized spacial score (nSPS) is 11.2. The molecule has 228 valence electrons. The predicted molar refractivity (Wildman–Crippen MR) is 198 cm³/mol. The molecule has 0 aliphatic carbocycles. The molecule has 0 fully saturated rings. The minimum absolute atomic E-state index is 0.622. The fourth-order valence-corrected chi connectivity index (χ4v) is 6.62. The zero-order valence-corrected chi connectivity index (χ0v) is 26.3. The van der Waals surface area contributed by atoms with Gasteiger partial charge in [0.05, 0.1) is 22.7 Å². The smallest absolute Gasteiger partial charge is 0.164 e. The number of nitriles is 1. The number of fused-ring (bicyclic) bond motifs is 4. The van der Waals surface area contributed by atoms with Crippen molar-refractivity contribution >= 4 is 32.6 Å². The summed E-state index contributed by atoms with van der Waals surface area (Å²) in [5.74, 6) is 1.90. The van der Waals surface area contributed by atoms with Gasteiger partial charge in [0, 0.05) is 33.2 Å². The molecule has 2 heterocycles. The summed E-state index contributed by atoms with van der Waals surface area (Å²) in [5.41, 5.74) is 8.84. The molecule has 5 nitrogen and oxygen atoms in total. The molecule has 0 bridgehead atoms. The van der Waals surface area contributed by atoms with Gasteiger partial charge in [-0.25, -0.2) is 15.0 Å². The molecule has 0 aliphatic heterocycles. The van der Waals surface area contributed by atoms with E-state index in [1.165, 1.54) is 10.8 Å². The van der Waals surface area contributed by atoms with Crippen molar-refractivity contribution in [3.8, 4) is 57.0 Å². The van der Waals surface area contributed by atoms with Crippen LogP contribution in [0, 0.1) is 11.3 Å². The Kier molecular flexibility index (Phi) is 6.78. The molecule has 9 aromatic rings. The van der Waals surface area contributed by atoms with Crippen molar-refractivity contribution in [2.24, 2.45) is 0 Å². The van der Waals surface area contributed by atoms with Crippen molar-refractivity contribution < 1.29 is 0 Å².